The maximum Gasteiger partial charge on any atom is 0.195 e. The van der Waals surface area contributed by atoms with Crippen LogP contribution in [0.5, 0.6) is 17.2 Å². The average molecular weight is 402 g/mol. The van der Waals surface area contributed by atoms with Crippen molar-refractivity contribution >= 4 is 11.6 Å². The van der Waals surface area contributed by atoms with Gasteiger partial charge in [0.25, 0.3) is 0 Å². The maximum absolute atomic E-state index is 5.75. The Kier molecular flexibility index (Phi) is 9.65. The van der Waals surface area contributed by atoms with Gasteiger partial charge in [-0.25, -0.2) is 0 Å². The highest BCUT2D eigenvalue weighted by atomic mass is 16.5. The molecule has 0 saturated carbocycles. The van der Waals surface area contributed by atoms with Crippen molar-refractivity contribution in [2.75, 3.05) is 46.4 Å². The summed E-state index contributed by atoms with van der Waals surface area (Å²) >= 11 is 0. The van der Waals surface area contributed by atoms with Gasteiger partial charge >= 0.3 is 0 Å². The summed E-state index contributed by atoms with van der Waals surface area (Å²) in [7, 11) is 5.06. The predicted molar refractivity (Wildman–Crippen MR) is 116 cm³/mol. The van der Waals surface area contributed by atoms with Gasteiger partial charge in [-0.05, 0) is 36.8 Å². The molecule has 0 unspecified atom stereocenters. The van der Waals surface area contributed by atoms with Crippen LogP contribution in [0.3, 0.4) is 0 Å². The third-order valence-corrected chi connectivity index (χ3v) is 4.07. The van der Waals surface area contributed by atoms with Gasteiger partial charge in [0.2, 0.25) is 0 Å². The highest BCUT2D eigenvalue weighted by molar-refractivity contribution is 5.93. The first-order valence-electron chi connectivity index (χ1n) is 9.69. The van der Waals surface area contributed by atoms with Crippen molar-refractivity contribution in [3.63, 3.8) is 0 Å². The zero-order valence-electron chi connectivity index (χ0n) is 17.7. The van der Waals surface area contributed by atoms with Gasteiger partial charge in [-0.1, -0.05) is 12.1 Å². The summed E-state index contributed by atoms with van der Waals surface area (Å²) in [6, 6.07) is 13.7. The molecule has 0 fully saturated rings. The maximum atomic E-state index is 5.75. The van der Waals surface area contributed by atoms with Crippen molar-refractivity contribution < 1.29 is 18.9 Å². The SMILES string of the molecule is CCOc1cc(CNC(=NC)Nc2cccc(OCCCOC)c2)ccc1OC. The van der Waals surface area contributed by atoms with Gasteiger partial charge in [-0.3, -0.25) is 4.99 Å². The average Bonchev–Trinajstić information content (AvgIpc) is 2.75. The number of hydrogen-bond donors (Lipinski definition) is 2. The summed E-state index contributed by atoms with van der Waals surface area (Å²) < 4.78 is 21.8. The molecule has 0 saturated heterocycles. The molecular weight excluding hydrogens is 370 g/mol. The Balaban J connectivity index is 1.93. The number of anilines is 1. The molecule has 0 heterocycles. The Morgan fingerprint density at radius 2 is 1.86 bits per heavy atom. The molecule has 0 atom stereocenters. The number of aliphatic imine (C=N–C) groups is 1. The lowest BCUT2D eigenvalue weighted by Gasteiger charge is -2.15. The highest BCUT2D eigenvalue weighted by Crippen LogP contribution is 2.28. The van der Waals surface area contributed by atoms with E-state index in [0.717, 1.165) is 34.9 Å². The second-order valence-electron chi connectivity index (χ2n) is 6.19. The monoisotopic (exact) mass is 401 g/mol. The first-order chi connectivity index (χ1) is 14.2. The summed E-state index contributed by atoms with van der Waals surface area (Å²) in [5, 5.41) is 6.59. The van der Waals surface area contributed by atoms with E-state index in [2.05, 4.69) is 15.6 Å². The molecule has 7 heteroatoms. The van der Waals surface area contributed by atoms with Crippen molar-refractivity contribution in [2.45, 2.75) is 19.9 Å². The third kappa shape index (κ3) is 7.54. The normalized spacial score (nSPS) is 11.1. The highest BCUT2D eigenvalue weighted by Gasteiger charge is 2.07. The van der Waals surface area contributed by atoms with E-state index in [4.69, 9.17) is 18.9 Å². The minimum Gasteiger partial charge on any atom is -0.493 e. The Bertz CT molecular complexity index is 780. The van der Waals surface area contributed by atoms with Gasteiger partial charge in [-0.15, -0.1) is 0 Å². The molecule has 0 aliphatic rings. The number of benzene rings is 2. The molecular formula is C22H31N3O4. The van der Waals surface area contributed by atoms with Gasteiger partial charge in [0.05, 0.1) is 20.3 Å². The van der Waals surface area contributed by atoms with Crippen LogP contribution in [0, 0.1) is 0 Å². The number of ether oxygens (including phenoxy) is 4. The molecule has 0 amide bonds. The van der Waals surface area contributed by atoms with Gasteiger partial charge in [0.1, 0.15) is 5.75 Å². The largest absolute Gasteiger partial charge is 0.493 e. The van der Waals surface area contributed by atoms with Gasteiger partial charge in [0.15, 0.2) is 17.5 Å². The number of methoxy groups -OCH3 is 2. The number of hydrogen-bond acceptors (Lipinski definition) is 5. The van der Waals surface area contributed by atoms with Crippen LogP contribution in [0.2, 0.25) is 0 Å². The molecule has 29 heavy (non-hydrogen) atoms. The van der Waals surface area contributed by atoms with Crippen LogP contribution < -0.4 is 24.8 Å². The number of nitrogens with one attached hydrogen (secondary N) is 2. The molecule has 7 nitrogen and oxygen atoms in total. The first kappa shape index (κ1) is 22.4. The number of rotatable bonds is 11. The Morgan fingerprint density at radius 1 is 1.00 bits per heavy atom. The molecule has 0 aliphatic heterocycles. The lowest BCUT2D eigenvalue weighted by molar-refractivity contribution is 0.172. The van der Waals surface area contributed by atoms with Crippen LogP contribution in [0.4, 0.5) is 5.69 Å². The van der Waals surface area contributed by atoms with Crippen molar-refractivity contribution in [3.05, 3.63) is 48.0 Å². The molecule has 0 radical (unpaired) electrons. The first-order valence-corrected chi connectivity index (χ1v) is 9.69. The van der Waals surface area contributed by atoms with E-state index in [1.807, 2.05) is 49.4 Å². The molecule has 0 bridgehead atoms. The number of guanidine groups is 1. The van der Waals surface area contributed by atoms with Crippen molar-refractivity contribution in [1.29, 1.82) is 0 Å². The van der Waals surface area contributed by atoms with Crippen molar-refractivity contribution in [2.24, 2.45) is 4.99 Å². The summed E-state index contributed by atoms with van der Waals surface area (Å²) in [5.74, 6) is 2.92. The van der Waals surface area contributed by atoms with Crippen LogP contribution in [0.25, 0.3) is 0 Å². The van der Waals surface area contributed by atoms with Gasteiger partial charge < -0.3 is 29.6 Å². The van der Waals surface area contributed by atoms with Gasteiger partial charge in [0, 0.05) is 45.5 Å². The second-order valence-corrected chi connectivity index (χ2v) is 6.19. The van der Waals surface area contributed by atoms with E-state index in [1.165, 1.54) is 0 Å². The lowest BCUT2D eigenvalue weighted by Crippen LogP contribution is -2.30. The molecule has 0 aliphatic carbocycles. The summed E-state index contributed by atoms with van der Waals surface area (Å²) in [6.07, 6.45) is 0.850. The molecule has 2 aromatic rings. The Hall–Kier alpha value is -2.93. The summed E-state index contributed by atoms with van der Waals surface area (Å²) in [6.45, 7) is 4.43. The van der Waals surface area contributed by atoms with E-state index in [9.17, 15) is 0 Å². The van der Waals surface area contributed by atoms with Crippen molar-refractivity contribution in [3.8, 4) is 17.2 Å². The van der Waals surface area contributed by atoms with E-state index in [1.54, 1.807) is 21.3 Å². The van der Waals surface area contributed by atoms with Crippen LogP contribution in [0.1, 0.15) is 18.9 Å². The van der Waals surface area contributed by atoms with Gasteiger partial charge in [-0.2, -0.15) is 0 Å². The van der Waals surface area contributed by atoms with E-state index in [0.29, 0.717) is 32.3 Å². The smallest absolute Gasteiger partial charge is 0.195 e. The molecule has 0 spiro atoms. The molecule has 2 N–H and O–H groups in total. The zero-order valence-corrected chi connectivity index (χ0v) is 17.7. The standard InChI is InChI=1S/C22H31N3O4/c1-5-28-21-14-17(10-11-20(21)27-4)16-24-22(23-2)25-18-8-6-9-19(15-18)29-13-7-12-26-3/h6,8-11,14-15H,5,7,12-13,16H2,1-4H3,(H2,23,24,25). The van der Waals surface area contributed by atoms with Crippen LogP contribution >= 0.6 is 0 Å². The zero-order chi connectivity index (χ0) is 20.9. The fraction of sp³-hybridized carbons (Fsp3) is 0.409. The quantitative estimate of drug-likeness (QED) is 0.340. The summed E-state index contributed by atoms with van der Waals surface area (Å²) in [4.78, 5) is 4.29. The third-order valence-electron chi connectivity index (χ3n) is 4.07. The van der Waals surface area contributed by atoms with Crippen LogP contribution in [-0.2, 0) is 11.3 Å². The topological polar surface area (TPSA) is 73.3 Å². The summed E-state index contributed by atoms with van der Waals surface area (Å²) in [5.41, 5.74) is 1.96. The molecule has 2 aromatic carbocycles. The molecule has 2 rings (SSSR count). The second kappa shape index (κ2) is 12.5. The van der Waals surface area contributed by atoms with Crippen LogP contribution in [-0.4, -0.2) is 47.0 Å². The Morgan fingerprint density at radius 3 is 2.59 bits per heavy atom. The molecule has 0 aromatic heterocycles. The fourth-order valence-electron chi connectivity index (χ4n) is 2.66. The van der Waals surface area contributed by atoms with E-state index in [-0.39, 0.29) is 0 Å². The molecule has 158 valence electrons. The van der Waals surface area contributed by atoms with Crippen LogP contribution in [0.15, 0.2) is 47.5 Å². The van der Waals surface area contributed by atoms with Crippen molar-refractivity contribution in [1.82, 2.24) is 5.32 Å². The number of nitrogens with zero attached hydrogens (tertiary/aromatic N) is 1. The lowest BCUT2D eigenvalue weighted by atomic mass is 10.2. The predicted octanol–water partition coefficient (Wildman–Crippen LogP) is 3.70. The minimum absolute atomic E-state index is 0.584. The minimum atomic E-state index is 0.584. The van der Waals surface area contributed by atoms with E-state index < -0.39 is 0 Å². The Labute approximate surface area is 173 Å². The fourth-order valence-corrected chi connectivity index (χ4v) is 2.66. The van der Waals surface area contributed by atoms with E-state index >= 15 is 0 Å².